The first-order chi connectivity index (χ1) is 14.4. The molecule has 1 aromatic carbocycles. The summed E-state index contributed by atoms with van der Waals surface area (Å²) in [6.45, 7) is -0.0578. The molecule has 162 valence electrons. The smallest absolute Gasteiger partial charge is 0.251 e. The number of nitrogens with zero attached hydrogens (tertiary/aromatic N) is 1. The number of carbonyl (C=O) groups is 1. The number of aromatic nitrogens is 1. The van der Waals surface area contributed by atoms with Gasteiger partial charge in [0.15, 0.2) is 0 Å². The Hall–Kier alpha value is -2.04. The number of hydrogen-bond acceptors (Lipinski definition) is 6. The SMILES string of the molecule is O=C(N[C@@H]1CC[C@@H](CCNS(=O)(=O)c2cccc(Cl)c2)O[C@H]1CO)c1ccncc1. The molecule has 10 heteroatoms. The predicted octanol–water partition coefficient (Wildman–Crippen LogP) is 1.74. The Balaban J connectivity index is 1.50. The van der Waals surface area contributed by atoms with Gasteiger partial charge in [0.1, 0.15) is 6.10 Å². The molecule has 0 aliphatic carbocycles. The highest BCUT2D eigenvalue weighted by Gasteiger charge is 2.32. The zero-order valence-corrected chi connectivity index (χ0v) is 17.8. The highest BCUT2D eigenvalue weighted by molar-refractivity contribution is 7.89. The summed E-state index contributed by atoms with van der Waals surface area (Å²) in [5.74, 6) is -0.253. The van der Waals surface area contributed by atoms with Crippen molar-refractivity contribution in [1.29, 1.82) is 0 Å². The third-order valence-electron chi connectivity index (χ3n) is 4.92. The van der Waals surface area contributed by atoms with E-state index in [4.69, 9.17) is 16.3 Å². The summed E-state index contributed by atoms with van der Waals surface area (Å²) in [5.41, 5.74) is 0.485. The molecule has 1 saturated heterocycles. The third-order valence-corrected chi connectivity index (χ3v) is 6.61. The van der Waals surface area contributed by atoms with Crippen LogP contribution in [0.1, 0.15) is 29.6 Å². The number of carbonyl (C=O) groups excluding carboxylic acids is 1. The average Bonchev–Trinajstić information content (AvgIpc) is 2.75. The number of benzene rings is 1. The Kier molecular flexibility index (Phi) is 7.79. The van der Waals surface area contributed by atoms with Gasteiger partial charge in [-0.3, -0.25) is 9.78 Å². The number of halogens is 1. The number of pyridine rings is 1. The summed E-state index contributed by atoms with van der Waals surface area (Å²) < 4.78 is 33.1. The maximum absolute atomic E-state index is 12.4. The minimum Gasteiger partial charge on any atom is -0.394 e. The molecule has 0 unspecified atom stereocenters. The van der Waals surface area contributed by atoms with E-state index < -0.39 is 16.1 Å². The molecule has 3 rings (SSSR count). The standard InChI is InChI=1S/C20H24ClN3O5S/c21-15-2-1-3-17(12-15)30(27,28)23-11-8-16-4-5-18(19(13-25)29-16)24-20(26)14-6-9-22-10-7-14/h1-3,6-7,9-10,12,16,18-19,23,25H,4-5,8,11,13H2,(H,24,26)/t16-,18+,19-/m0/s1. The summed E-state index contributed by atoms with van der Waals surface area (Å²) in [7, 11) is -3.66. The number of sulfonamides is 1. The lowest BCUT2D eigenvalue weighted by Gasteiger charge is -2.36. The molecular weight excluding hydrogens is 430 g/mol. The minimum atomic E-state index is -3.66. The van der Waals surface area contributed by atoms with Crippen LogP contribution >= 0.6 is 11.6 Å². The Morgan fingerprint density at radius 2 is 2.00 bits per heavy atom. The van der Waals surface area contributed by atoms with E-state index in [-0.39, 0.29) is 36.1 Å². The van der Waals surface area contributed by atoms with Crippen molar-refractivity contribution in [1.82, 2.24) is 15.0 Å². The summed E-state index contributed by atoms with van der Waals surface area (Å²) in [6, 6.07) is 8.95. The van der Waals surface area contributed by atoms with E-state index in [9.17, 15) is 18.3 Å². The molecule has 1 fully saturated rings. The molecule has 30 heavy (non-hydrogen) atoms. The summed E-state index contributed by atoms with van der Waals surface area (Å²) in [4.78, 5) is 16.3. The second-order valence-electron chi connectivity index (χ2n) is 7.02. The highest BCUT2D eigenvalue weighted by Crippen LogP contribution is 2.22. The monoisotopic (exact) mass is 453 g/mol. The van der Waals surface area contributed by atoms with Crippen LogP contribution < -0.4 is 10.0 Å². The van der Waals surface area contributed by atoms with E-state index in [0.29, 0.717) is 29.8 Å². The molecule has 0 bridgehead atoms. The molecule has 1 aliphatic heterocycles. The molecule has 3 atom stereocenters. The molecule has 8 nitrogen and oxygen atoms in total. The number of rotatable bonds is 8. The zero-order valence-electron chi connectivity index (χ0n) is 16.2. The van der Waals surface area contributed by atoms with Gasteiger partial charge in [-0.25, -0.2) is 13.1 Å². The van der Waals surface area contributed by atoms with Crippen molar-refractivity contribution < 1.29 is 23.1 Å². The number of ether oxygens (including phenoxy) is 1. The number of aliphatic hydroxyl groups excluding tert-OH is 1. The number of aliphatic hydroxyl groups is 1. The highest BCUT2D eigenvalue weighted by atomic mass is 35.5. The third kappa shape index (κ3) is 5.99. The van der Waals surface area contributed by atoms with E-state index in [2.05, 4.69) is 15.0 Å². The van der Waals surface area contributed by atoms with Crippen LogP contribution in [0.25, 0.3) is 0 Å². The van der Waals surface area contributed by atoms with Gasteiger partial charge in [0.2, 0.25) is 10.0 Å². The molecule has 3 N–H and O–H groups in total. The maximum atomic E-state index is 12.4. The van der Waals surface area contributed by atoms with Gasteiger partial charge >= 0.3 is 0 Å². The summed E-state index contributed by atoms with van der Waals surface area (Å²) in [6.07, 6.45) is 4.00. The number of amides is 1. The van der Waals surface area contributed by atoms with Crippen molar-refractivity contribution >= 4 is 27.5 Å². The van der Waals surface area contributed by atoms with Crippen LogP contribution in [0.5, 0.6) is 0 Å². The molecule has 1 amide bonds. The predicted molar refractivity (Wildman–Crippen MR) is 112 cm³/mol. The van der Waals surface area contributed by atoms with Crippen LogP contribution in [0.2, 0.25) is 5.02 Å². The van der Waals surface area contributed by atoms with Gasteiger partial charge in [0.25, 0.3) is 5.91 Å². The molecule has 2 heterocycles. The van der Waals surface area contributed by atoms with Gasteiger partial charge in [-0.15, -0.1) is 0 Å². The van der Waals surface area contributed by atoms with E-state index in [0.717, 1.165) is 0 Å². The average molecular weight is 454 g/mol. The second kappa shape index (κ2) is 10.3. The van der Waals surface area contributed by atoms with Crippen molar-refractivity contribution in [3.8, 4) is 0 Å². The maximum Gasteiger partial charge on any atom is 0.251 e. The van der Waals surface area contributed by atoms with E-state index >= 15 is 0 Å². The van der Waals surface area contributed by atoms with Gasteiger partial charge in [-0.05, 0) is 49.6 Å². The lowest BCUT2D eigenvalue weighted by atomic mass is 9.97. The van der Waals surface area contributed by atoms with Gasteiger partial charge < -0.3 is 15.2 Å². The van der Waals surface area contributed by atoms with Gasteiger partial charge in [-0.2, -0.15) is 0 Å². The van der Waals surface area contributed by atoms with Crippen LogP contribution in [0.3, 0.4) is 0 Å². The Labute approximate surface area is 180 Å². The van der Waals surface area contributed by atoms with Crippen LogP contribution in [-0.2, 0) is 14.8 Å². The summed E-state index contributed by atoms with van der Waals surface area (Å²) >= 11 is 5.86. The fourth-order valence-electron chi connectivity index (χ4n) is 3.34. The second-order valence-corrected chi connectivity index (χ2v) is 9.22. The van der Waals surface area contributed by atoms with E-state index in [1.165, 1.54) is 24.5 Å². The molecule has 0 saturated carbocycles. The van der Waals surface area contributed by atoms with E-state index in [1.807, 2.05) is 0 Å². The Bertz CT molecular complexity index is 958. The first kappa shape index (κ1) is 22.6. The van der Waals surface area contributed by atoms with Crippen molar-refractivity contribution in [3.63, 3.8) is 0 Å². The molecule has 2 aromatic rings. The van der Waals surface area contributed by atoms with Crippen molar-refractivity contribution in [2.45, 2.75) is 42.4 Å². The molecular formula is C20H24ClN3O5S. The van der Waals surface area contributed by atoms with Crippen LogP contribution in [-0.4, -0.2) is 55.8 Å². The van der Waals surface area contributed by atoms with Crippen LogP contribution in [0.15, 0.2) is 53.7 Å². The topological polar surface area (TPSA) is 118 Å². The Morgan fingerprint density at radius 1 is 1.23 bits per heavy atom. The quantitative estimate of drug-likeness (QED) is 0.560. The van der Waals surface area contributed by atoms with Gasteiger partial charge in [0, 0.05) is 29.5 Å². The van der Waals surface area contributed by atoms with E-state index in [1.54, 1.807) is 24.3 Å². The van der Waals surface area contributed by atoms with Crippen LogP contribution in [0, 0.1) is 0 Å². The minimum absolute atomic E-state index is 0.103. The molecule has 1 aliphatic rings. The first-order valence-corrected chi connectivity index (χ1v) is 11.5. The molecule has 0 radical (unpaired) electrons. The lowest BCUT2D eigenvalue weighted by Crippen LogP contribution is -2.51. The Morgan fingerprint density at radius 3 is 2.70 bits per heavy atom. The van der Waals surface area contributed by atoms with Crippen LogP contribution in [0.4, 0.5) is 0 Å². The zero-order chi connectivity index (χ0) is 21.6. The molecule has 1 aromatic heterocycles. The summed E-state index contributed by atoms with van der Waals surface area (Å²) in [5, 5.41) is 12.9. The van der Waals surface area contributed by atoms with Crippen molar-refractivity contribution in [2.24, 2.45) is 0 Å². The number of nitrogens with one attached hydrogen (secondary N) is 2. The van der Waals surface area contributed by atoms with Crippen molar-refractivity contribution in [2.75, 3.05) is 13.2 Å². The van der Waals surface area contributed by atoms with Gasteiger partial charge in [0.05, 0.1) is 23.6 Å². The first-order valence-electron chi connectivity index (χ1n) is 9.61. The fourth-order valence-corrected chi connectivity index (χ4v) is 4.68. The van der Waals surface area contributed by atoms with Gasteiger partial charge in [-0.1, -0.05) is 17.7 Å². The van der Waals surface area contributed by atoms with Crippen molar-refractivity contribution in [3.05, 3.63) is 59.4 Å². The number of hydrogen-bond donors (Lipinski definition) is 3. The normalized spacial score (nSPS) is 21.9. The fraction of sp³-hybridized carbons (Fsp3) is 0.400. The molecule has 0 spiro atoms. The largest absolute Gasteiger partial charge is 0.394 e. The lowest BCUT2D eigenvalue weighted by molar-refractivity contribution is -0.0891.